The van der Waals surface area contributed by atoms with Gasteiger partial charge < -0.3 is 5.32 Å². The molecule has 0 bridgehead atoms. The Hall–Kier alpha value is -0.830. The van der Waals surface area contributed by atoms with Crippen molar-refractivity contribution in [1.82, 2.24) is 0 Å². The summed E-state index contributed by atoms with van der Waals surface area (Å²) in [7, 11) is 0. The zero-order valence-corrected chi connectivity index (χ0v) is 11.5. The Kier molecular flexibility index (Phi) is 4.60. The van der Waals surface area contributed by atoms with Crippen LogP contribution in [0.3, 0.4) is 0 Å². The molecular weight excluding hydrogens is 278 g/mol. The van der Waals surface area contributed by atoms with Gasteiger partial charge in [-0.3, -0.25) is 4.79 Å². The second-order valence-electron chi connectivity index (χ2n) is 4.61. The molecule has 2 rings (SSSR count). The number of amides is 1. The highest BCUT2D eigenvalue weighted by Crippen LogP contribution is 2.26. The number of carbonyl (C=O) groups excluding carboxylic acids is 1. The highest BCUT2D eigenvalue weighted by Gasteiger charge is 2.22. The summed E-state index contributed by atoms with van der Waals surface area (Å²) in [5.41, 5.74) is 2.21. The predicted octanol–water partition coefficient (Wildman–Crippen LogP) is 3.75. The Balaban J connectivity index is 1.91. The molecule has 1 fully saturated rings. The van der Waals surface area contributed by atoms with Crippen LogP contribution in [0.5, 0.6) is 0 Å². The molecule has 0 spiro atoms. The van der Waals surface area contributed by atoms with E-state index in [1.165, 1.54) is 18.4 Å². The van der Waals surface area contributed by atoms with Gasteiger partial charge in [-0.15, -0.1) is 0 Å². The van der Waals surface area contributed by atoms with Crippen molar-refractivity contribution in [1.29, 1.82) is 0 Å². The van der Waals surface area contributed by atoms with Crippen LogP contribution in [0.1, 0.15) is 31.2 Å². The molecule has 1 N–H and O–H groups in total. The van der Waals surface area contributed by atoms with Gasteiger partial charge in [0.1, 0.15) is 0 Å². The first-order valence-electron chi connectivity index (χ1n) is 6.25. The maximum absolute atomic E-state index is 11.9. The molecule has 2 nitrogen and oxygen atoms in total. The minimum Gasteiger partial charge on any atom is -0.326 e. The van der Waals surface area contributed by atoms with Crippen LogP contribution in [0.25, 0.3) is 0 Å². The van der Waals surface area contributed by atoms with Gasteiger partial charge in [0, 0.05) is 16.9 Å². The van der Waals surface area contributed by atoms with Gasteiger partial charge in [-0.1, -0.05) is 40.9 Å². The summed E-state index contributed by atoms with van der Waals surface area (Å²) in [6, 6.07) is 8.13. The van der Waals surface area contributed by atoms with E-state index in [4.69, 9.17) is 0 Å². The van der Waals surface area contributed by atoms with Crippen LogP contribution in [0.2, 0.25) is 0 Å². The van der Waals surface area contributed by atoms with Gasteiger partial charge in [0.15, 0.2) is 0 Å². The molecule has 1 amide bonds. The van der Waals surface area contributed by atoms with Crippen molar-refractivity contribution >= 4 is 27.5 Å². The minimum atomic E-state index is 0.191. The first-order valence-corrected chi connectivity index (χ1v) is 7.37. The van der Waals surface area contributed by atoms with Gasteiger partial charge in [-0.05, 0) is 37.0 Å². The van der Waals surface area contributed by atoms with Gasteiger partial charge in [0.05, 0.1) is 0 Å². The van der Waals surface area contributed by atoms with Crippen molar-refractivity contribution in [3.63, 3.8) is 0 Å². The van der Waals surface area contributed by atoms with E-state index in [0.29, 0.717) is 0 Å². The fourth-order valence-electron chi connectivity index (χ4n) is 2.30. The Morgan fingerprint density at radius 1 is 1.24 bits per heavy atom. The normalized spacial score (nSPS) is 16.1. The lowest BCUT2D eigenvalue weighted by atomic mass is 10.1. The number of hydrogen-bond donors (Lipinski definition) is 1. The van der Waals surface area contributed by atoms with Crippen molar-refractivity contribution in [2.75, 3.05) is 10.6 Å². The maximum atomic E-state index is 11.9. The molecule has 1 aliphatic carbocycles. The average Bonchev–Trinajstić information content (AvgIpc) is 2.86. The number of carbonyl (C=O) groups is 1. The number of anilines is 1. The van der Waals surface area contributed by atoms with Crippen LogP contribution in [0.4, 0.5) is 5.69 Å². The molecule has 1 saturated carbocycles. The summed E-state index contributed by atoms with van der Waals surface area (Å²) in [6.45, 7) is 0. The lowest BCUT2D eigenvalue weighted by Crippen LogP contribution is -2.20. The van der Waals surface area contributed by atoms with Crippen molar-refractivity contribution in [3.05, 3.63) is 29.8 Å². The molecule has 0 atom stereocenters. The highest BCUT2D eigenvalue weighted by atomic mass is 79.9. The standard InChI is InChI=1S/C14H18BrNO/c15-10-9-11-5-7-13(8-6-11)16-14(17)12-3-1-2-4-12/h5-8,12H,1-4,9-10H2,(H,16,17). The zero-order chi connectivity index (χ0) is 12.1. The second-order valence-corrected chi connectivity index (χ2v) is 5.40. The molecule has 1 aromatic rings. The van der Waals surface area contributed by atoms with Crippen LogP contribution >= 0.6 is 15.9 Å². The van der Waals surface area contributed by atoms with E-state index >= 15 is 0 Å². The van der Waals surface area contributed by atoms with E-state index in [2.05, 4.69) is 33.4 Å². The first kappa shape index (κ1) is 12.6. The smallest absolute Gasteiger partial charge is 0.227 e. The molecule has 0 radical (unpaired) electrons. The lowest BCUT2D eigenvalue weighted by Gasteiger charge is -2.10. The molecule has 17 heavy (non-hydrogen) atoms. The third kappa shape index (κ3) is 3.56. The molecular formula is C14H18BrNO. The number of benzene rings is 1. The van der Waals surface area contributed by atoms with Gasteiger partial charge >= 0.3 is 0 Å². The van der Waals surface area contributed by atoms with Crippen LogP contribution in [0.15, 0.2) is 24.3 Å². The Morgan fingerprint density at radius 2 is 1.88 bits per heavy atom. The molecule has 0 heterocycles. The quantitative estimate of drug-likeness (QED) is 0.842. The van der Waals surface area contributed by atoms with Crippen molar-refractivity contribution in [3.8, 4) is 0 Å². The van der Waals surface area contributed by atoms with Gasteiger partial charge in [-0.2, -0.15) is 0 Å². The molecule has 0 aliphatic heterocycles. The first-order chi connectivity index (χ1) is 8.29. The summed E-state index contributed by atoms with van der Waals surface area (Å²) in [5.74, 6) is 0.424. The molecule has 3 heteroatoms. The largest absolute Gasteiger partial charge is 0.326 e. The Labute approximate surface area is 111 Å². The van der Waals surface area contributed by atoms with E-state index in [1.807, 2.05) is 12.1 Å². The SMILES string of the molecule is O=C(Nc1ccc(CCBr)cc1)C1CCCC1. The van der Waals surface area contributed by atoms with Crippen LogP contribution in [-0.2, 0) is 11.2 Å². The average molecular weight is 296 g/mol. The van der Waals surface area contributed by atoms with E-state index < -0.39 is 0 Å². The second kappa shape index (κ2) is 6.20. The summed E-state index contributed by atoms with van der Waals surface area (Å²) >= 11 is 3.42. The summed E-state index contributed by atoms with van der Waals surface area (Å²) in [6.07, 6.45) is 5.52. The maximum Gasteiger partial charge on any atom is 0.227 e. The van der Waals surface area contributed by atoms with Crippen LogP contribution < -0.4 is 5.32 Å². The van der Waals surface area contributed by atoms with E-state index in [-0.39, 0.29) is 11.8 Å². The lowest BCUT2D eigenvalue weighted by molar-refractivity contribution is -0.119. The molecule has 0 unspecified atom stereocenters. The number of rotatable bonds is 4. The fraction of sp³-hybridized carbons (Fsp3) is 0.500. The van der Waals surface area contributed by atoms with E-state index in [9.17, 15) is 4.79 Å². The topological polar surface area (TPSA) is 29.1 Å². The number of hydrogen-bond acceptors (Lipinski definition) is 1. The van der Waals surface area contributed by atoms with Crippen LogP contribution in [0, 0.1) is 5.92 Å². The van der Waals surface area contributed by atoms with E-state index in [1.54, 1.807) is 0 Å². The molecule has 0 saturated heterocycles. The van der Waals surface area contributed by atoms with Gasteiger partial charge in [-0.25, -0.2) is 0 Å². The zero-order valence-electron chi connectivity index (χ0n) is 9.92. The van der Waals surface area contributed by atoms with Gasteiger partial charge in [0.2, 0.25) is 5.91 Å². The third-order valence-electron chi connectivity index (χ3n) is 3.33. The predicted molar refractivity (Wildman–Crippen MR) is 74.5 cm³/mol. The molecule has 1 aromatic carbocycles. The third-order valence-corrected chi connectivity index (χ3v) is 3.73. The molecule has 0 aromatic heterocycles. The minimum absolute atomic E-state index is 0.191. The van der Waals surface area contributed by atoms with Crippen molar-refractivity contribution in [2.24, 2.45) is 5.92 Å². The monoisotopic (exact) mass is 295 g/mol. The van der Waals surface area contributed by atoms with Gasteiger partial charge in [0.25, 0.3) is 0 Å². The number of alkyl halides is 1. The Bertz CT molecular complexity index is 368. The number of aryl methyl sites for hydroxylation is 1. The van der Waals surface area contributed by atoms with Crippen molar-refractivity contribution < 1.29 is 4.79 Å². The number of nitrogens with one attached hydrogen (secondary N) is 1. The fourth-order valence-corrected chi connectivity index (χ4v) is 2.75. The van der Waals surface area contributed by atoms with Crippen LogP contribution in [-0.4, -0.2) is 11.2 Å². The molecule has 92 valence electrons. The molecule has 1 aliphatic rings. The van der Waals surface area contributed by atoms with E-state index in [0.717, 1.165) is 30.3 Å². The number of halogens is 1. The summed E-state index contributed by atoms with van der Waals surface area (Å²) < 4.78 is 0. The Morgan fingerprint density at radius 3 is 2.47 bits per heavy atom. The highest BCUT2D eigenvalue weighted by molar-refractivity contribution is 9.09. The van der Waals surface area contributed by atoms with Crippen molar-refractivity contribution in [2.45, 2.75) is 32.1 Å². The summed E-state index contributed by atoms with van der Waals surface area (Å²) in [5, 5.41) is 3.98. The summed E-state index contributed by atoms with van der Waals surface area (Å²) in [4.78, 5) is 11.9.